The van der Waals surface area contributed by atoms with Gasteiger partial charge >= 0.3 is 5.97 Å². The van der Waals surface area contributed by atoms with Crippen LogP contribution in [0.5, 0.6) is 0 Å². The summed E-state index contributed by atoms with van der Waals surface area (Å²) in [7, 11) is 0. The van der Waals surface area contributed by atoms with Gasteiger partial charge in [0, 0.05) is 25.6 Å². The lowest BCUT2D eigenvalue weighted by atomic mass is 9.86. The van der Waals surface area contributed by atoms with E-state index in [2.05, 4.69) is 0 Å². The molecule has 5 heteroatoms. The summed E-state index contributed by atoms with van der Waals surface area (Å²) in [5, 5.41) is 8.86. The first-order valence-electron chi connectivity index (χ1n) is 6.22. The molecular formula is C12H22N2O3. The molecule has 0 saturated carbocycles. The molecule has 0 aromatic rings. The number of nitrogens with zero attached hydrogens (tertiary/aromatic N) is 1. The van der Waals surface area contributed by atoms with Gasteiger partial charge in [0.05, 0.1) is 11.8 Å². The van der Waals surface area contributed by atoms with Gasteiger partial charge in [-0.05, 0) is 6.42 Å². The smallest absolute Gasteiger partial charge is 0.306 e. The number of nitrogens with two attached hydrogens (primary N) is 1. The van der Waals surface area contributed by atoms with Crippen molar-refractivity contribution >= 4 is 11.9 Å². The van der Waals surface area contributed by atoms with Crippen molar-refractivity contribution in [2.24, 2.45) is 23.5 Å². The predicted octanol–water partition coefficient (Wildman–Crippen LogP) is 0.541. The maximum atomic E-state index is 12.0. The zero-order chi connectivity index (χ0) is 13.0. The third-order valence-corrected chi connectivity index (χ3v) is 3.59. The maximum absolute atomic E-state index is 12.0. The fourth-order valence-corrected chi connectivity index (χ4v) is 2.16. The molecule has 1 heterocycles. The molecule has 0 spiro atoms. The van der Waals surface area contributed by atoms with Crippen LogP contribution in [0.3, 0.4) is 0 Å². The van der Waals surface area contributed by atoms with E-state index in [1.165, 1.54) is 0 Å². The zero-order valence-corrected chi connectivity index (χ0v) is 10.6. The lowest BCUT2D eigenvalue weighted by Gasteiger charge is -2.42. The number of hydrogen-bond acceptors (Lipinski definition) is 3. The number of carbonyl (C=O) groups excluding carboxylic acids is 1. The Morgan fingerprint density at radius 1 is 1.47 bits per heavy atom. The summed E-state index contributed by atoms with van der Waals surface area (Å²) in [5.41, 5.74) is 5.58. The Hall–Kier alpha value is -1.10. The van der Waals surface area contributed by atoms with Gasteiger partial charge < -0.3 is 15.7 Å². The second kappa shape index (κ2) is 6.00. The number of carbonyl (C=O) groups is 2. The van der Waals surface area contributed by atoms with Crippen LogP contribution >= 0.6 is 0 Å². The van der Waals surface area contributed by atoms with Crippen molar-refractivity contribution < 1.29 is 14.7 Å². The summed E-state index contributed by atoms with van der Waals surface area (Å²) in [5.74, 6) is -1.08. The van der Waals surface area contributed by atoms with Crippen molar-refractivity contribution in [2.75, 3.05) is 19.6 Å². The van der Waals surface area contributed by atoms with Gasteiger partial charge in [0.1, 0.15) is 0 Å². The Morgan fingerprint density at radius 3 is 2.47 bits per heavy atom. The number of carboxylic acids is 1. The van der Waals surface area contributed by atoms with Gasteiger partial charge in [-0.1, -0.05) is 20.3 Å². The molecule has 1 rings (SSSR count). The average molecular weight is 242 g/mol. The van der Waals surface area contributed by atoms with Gasteiger partial charge in [0.15, 0.2) is 0 Å². The van der Waals surface area contributed by atoms with Crippen LogP contribution in [0.1, 0.15) is 26.7 Å². The Kier molecular flexibility index (Phi) is 4.93. The summed E-state index contributed by atoms with van der Waals surface area (Å²) in [6.07, 6.45) is 1.75. The van der Waals surface area contributed by atoms with E-state index in [1.807, 2.05) is 6.92 Å². The molecule has 17 heavy (non-hydrogen) atoms. The molecule has 0 aliphatic carbocycles. The van der Waals surface area contributed by atoms with Gasteiger partial charge in [-0.15, -0.1) is 0 Å². The Morgan fingerprint density at radius 2 is 2.06 bits per heavy atom. The summed E-state index contributed by atoms with van der Waals surface area (Å²) in [6.45, 7) is 5.23. The standard InChI is InChI=1S/C12H22N2O3/c1-3-4-9(5-13)11(15)14-6-10(7-14)8(2)12(16)17/h8-10H,3-7,13H2,1-2H3,(H,16,17). The molecule has 1 saturated heterocycles. The van der Waals surface area contributed by atoms with Crippen LogP contribution in [-0.2, 0) is 9.59 Å². The van der Waals surface area contributed by atoms with Crippen LogP contribution in [0.15, 0.2) is 0 Å². The topological polar surface area (TPSA) is 83.6 Å². The Bertz CT molecular complexity index is 287. The molecule has 98 valence electrons. The van der Waals surface area contributed by atoms with Crippen molar-refractivity contribution in [2.45, 2.75) is 26.7 Å². The largest absolute Gasteiger partial charge is 0.481 e. The minimum absolute atomic E-state index is 0.0863. The first kappa shape index (κ1) is 14.0. The van der Waals surface area contributed by atoms with Crippen LogP contribution in [0.4, 0.5) is 0 Å². The van der Waals surface area contributed by atoms with Crippen LogP contribution in [-0.4, -0.2) is 41.5 Å². The van der Waals surface area contributed by atoms with Gasteiger partial charge in [-0.25, -0.2) is 0 Å². The molecule has 0 aromatic carbocycles. The zero-order valence-electron chi connectivity index (χ0n) is 10.6. The summed E-state index contributed by atoms with van der Waals surface area (Å²) < 4.78 is 0. The van der Waals surface area contributed by atoms with E-state index in [0.29, 0.717) is 19.6 Å². The van der Waals surface area contributed by atoms with Gasteiger partial charge in [0.2, 0.25) is 5.91 Å². The molecule has 1 fully saturated rings. The molecule has 0 aromatic heterocycles. The first-order chi connectivity index (χ1) is 8.01. The van der Waals surface area contributed by atoms with Crippen LogP contribution < -0.4 is 5.73 Å². The minimum Gasteiger partial charge on any atom is -0.481 e. The maximum Gasteiger partial charge on any atom is 0.306 e. The van der Waals surface area contributed by atoms with E-state index in [-0.39, 0.29) is 23.7 Å². The molecule has 1 aliphatic heterocycles. The van der Waals surface area contributed by atoms with Crippen molar-refractivity contribution in [3.63, 3.8) is 0 Å². The summed E-state index contributed by atoms with van der Waals surface area (Å²) in [6, 6.07) is 0. The van der Waals surface area contributed by atoms with Gasteiger partial charge in [0.25, 0.3) is 0 Å². The normalized spacial score (nSPS) is 19.6. The second-order valence-corrected chi connectivity index (χ2v) is 4.85. The van der Waals surface area contributed by atoms with Crippen LogP contribution in [0, 0.1) is 17.8 Å². The highest BCUT2D eigenvalue weighted by Crippen LogP contribution is 2.26. The fourth-order valence-electron chi connectivity index (χ4n) is 2.16. The summed E-state index contributed by atoms with van der Waals surface area (Å²) in [4.78, 5) is 24.5. The average Bonchev–Trinajstić information content (AvgIpc) is 2.23. The third kappa shape index (κ3) is 3.19. The van der Waals surface area contributed by atoms with E-state index in [9.17, 15) is 9.59 Å². The lowest BCUT2D eigenvalue weighted by Crippen LogP contribution is -2.55. The van der Waals surface area contributed by atoms with E-state index in [4.69, 9.17) is 10.8 Å². The number of rotatable bonds is 6. The fraction of sp³-hybridized carbons (Fsp3) is 0.833. The van der Waals surface area contributed by atoms with E-state index >= 15 is 0 Å². The highest BCUT2D eigenvalue weighted by molar-refractivity contribution is 5.80. The van der Waals surface area contributed by atoms with Crippen LogP contribution in [0.25, 0.3) is 0 Å². The number of amides is 1. The van der Waals surface area contributed by atoms with E-state index in [0.717, 1.165) is 12.8 Å². The predicted molar refractivity (Wildman–Crippen MR) is 64.3 cm³/mol. The quantitative estimate of drug-likeness (QED) is 0.712. The SMILES string of the molecule is CCCC(CN)C(=O)N1CC(C(C)C(=O)O)C1. The Labute approximate surface area is 102 Å². The van der Waals surface area contributed by atoms with E-state index < -0.39 is 5.97 Å². The highest BCUT2D eigenvalue weighted by Gasteiger charge is 2.38. The number of hydrogen-bond donors (Lipinski definition) is 2. The molecule has 3 N–H and O–H groups in total. The molecule has 1 aliphatic rings. The Balaban J connectivity index is 2.41. The molecule has 2 atom stereocenters. The number of aliphatic carboxylic acids is 1. The van der Waals surface area contributed by atoms with Crippen LogP contribution in [0.2, 0.25) is 0 Å². The van der Waals surface area contributed by atoms with E-state index in [1.54, 1.807) is 11.8 Å². The molecule has 0 radical (unpaired) electrons. The monoisotopic (exact) mass is 242 g/mol. The third-order valence-electron chi connectivity index (χ3n) is 3.59. The number of likely N-dealkylation sites (tertiary alicyclic amines) is 1. The highest BCUT2D eigenvalue weighted by atomic mass is 16.4. The first-order valence-corrected chi connectivity index (χ1v) is 6.22. The van der Waals surface area contributed by atoms with Crippen molar-refractivity contribution in [1.82, 2.24) is 4.90 Å². The number of carboxylic acid groups (broad SMARTS) is 1. The van der Waals surface area contributed by atoms with Gasteiger partial charge in [-0.3, -0.25) is 9.59 Å². The van der Waals surface area contributed by atoms with Crippen molar-refractivity contribution in [3.8, 4) is 0 Å². The van der Waals surface area contributed by atoms with Crippen molar-refractivity contribution in [1.29, 1.82) is 0 Å². The second-order valence-electron chi connectivity index (χ2n) is 4.85. The molecule has 5 nitrogen and oxygen atoms in total. The molecule has 0 bridgehead atoms. The molecular weight excluding hydrogens is 220 g/mol. The van der Waals surface area contributed by atoms with Crippen molar-refractivity contribution in [3.05, 3.63) is 0 Å². The summed E-state index contributed by atoms with van der Waals surface area (Å²) >= 11 is 0. The molecule has 2 unspecified atom stereocenters. The molecule has 1 amide bonds. The van der Waals surface area contributed by atoms with Gasteiger partial charge in [-0.2, -0.15) is 0 Å². The minimum atomic E-state index is -0.786. The lowest BCUT2D eigenvalue weighted by molar-refractivity contribution is -0.152.